The van der Waals surface area contributed by atoms with Crippen LogP contribution < -0.4 is 0 Å². The third kappa shape index (κ3) is 20.2. The van der Waals surface area contributed by atoms with Gasteiger partial charge in [-0.2, -0.15) is 0 Å². The van der Waals surface area contributed by atoms with Crippen molar-refractivity contribution in [2.24, 2.45) is 0 Å². The van der Waals surface area contributed by atoms with Crippen molar-refractivity contribution >= 4 is 24.9 Å². The molecule has 0 atom stereocenters. The molecule has 0 spiro atoms. The van der Waals surface area contributed by atoms with E-state index < -0.39 is 37.0 Å². The van der Waals surface area contributed by atoms with Crippen molar-refractivity contribution in [3.8, 4) is 0 Å². The molecule has 0 amide bonds. The first-order valence-corrected chi connectivity index (χ1v) is 9.54. The Bertz CT molecular complexity index is 8.36. The van der Waals surface area contributed by atoms with Gasteiger partial charge in [0.2, 0.25) is 0 Å². The van der Waals surface area contributed by atoms with E-state index in [1.165, 1.54) is 0 Å². The zero-order chi connectivity index (χ0) is 3.58. The van der Waals surface area contributed by atoms with E-state index in [1.54, 1.807) is 0 Å². The number of hydrogen-bond acceptors (Lipinski definition) is 0. The van der Waals surface area contributed by atoms with Gasteiger partial charge >= 0.3 is 49.4 Å². The molecule has 0 fully saturated rings. The standard InChI is InChI=1S/4ClH.Eu/h4*1H;/q;;;;+3/p-3. The third-order valence-electron chi connectivity index (χ3n) is 0. The second-order valence-corrected chi connectivity index (χ2v) is 10.8. The molecule has 0 heterocycles. The molecular weight excluding hydrogens is 294 g/mol. The van der Waals surface area contributed by atoms with Crippen LogP contribution in [0, 0.1) is 37.0 Å². The number of halogens is 4. The van der Waals surface area contributed by atoms with Crippen molar-refractivity contribution in [2.75, 3.05) is 0 Å². The molecule has 0 rings (SSSR count). The van der Waals surface area contributed by atoms with E-state index in [0.29, 0.717) is 0 Å². The molecule has 0 aliphatic carbocycles. The Morgan fingerprint density at radius 3 is 1.00 bits per heavy atom. The van der Waals surface area contributed by atoms with Crippen molar-refractivity contribution in [1.82, 2.24) is 0 Å². The van der Waals surface area contributed by atoms with Gasteiger partial charge in [-0.3, -0.25) is 0 Å². The van der Waals surface area contributed by atoms with Crippen LogP contribution in [-0.4, -0.2) is 0 Å². The molecule has 0 aromatic carbocycles. The van der Waals surface area contributed by atoms with E-state index in [2.05, 4.69) is 0 Å². The Kier molecular flexibility index (Phi) is 14.4. The molecule has 0 aliphatic heterocycles. The molecule has 0 aliphatic rings. The summed E-state index contributed by atoms with van der Waals surface area (Å²) in [5.41, 5.74) is 0. The van der Waals surface area contributed by atoms with E-state index in [9.17, 15) is 0 Å². The predicted molar refractivity (Wildman–Crippen MR) is 24.8 cm³/mol. The Morgan fingerprint density at radius 2 is 1.00 bits per heavy atom. The summed E-state index contributed by atoms with van der Waals surface area (Å²) in [7, 11) is 0. The van der Waals surface area contributed by atoms with E-state index in [0.717, 1.165) is 0 Å². The van der Waals surface area contributed by atoms with Crippen LogP contribution in [-0.2, 0) is 0 Å². The molecule has 0 aromatic rings. The quantitative estimate of drug-likeness (QED) is 0.644. The van der Waals surface area contributed by atoms with Crippen LogP contribution in [0.15, 0.2) is 0 Å². The molecule has 36 valence electrons. The summed E-state index contributed by atoms with van der Waals surface area (Å²) in [6, 6.07) is 0. The minimum atomic E-state index is -2.05. The Morgan fingerprint density at radius 1 is 1.00 bits per heavy atom. The van der Waals surface area contributed by atoms with E-state index >= 15 is 0 Å². The van der Waals surface area contributed by atoms with E-state index in [1.807, 2.05) is 0 Å². The van der Waals surface area contributed by atoms with Gasteiger partial charge in [-0.15, -0.1) is 12.4 Å². The Balaban J connectivity index is 0. The molecule has 0 radical (unpaired) electrons. The molecule has 0 aromatic heterocycles. The fraction of sp³-hybridized carbons (Fsp3) is 0. The number of rotatable bonds is 0. The van der Waals surface area contributed by atoms with E-state index in [4.69, 9.17) is 12.5 Å². The van der Waals surface area contributed by atoms with Gasteiger partial charge in [0.25, 0.3) is 0 Å². The van der Waals surface area contributed by atoms with Crippen molar-refractivity contribution in [1.29, 1.82) is 0 Å². The fourth-order valence-electron chi connectivity index (χ4n) is 0. The van der Waals surface area contributed by atoms with E-state index in [-0.39, 0.29) is 12.4 Å². The fourth-order valence-corrected chi connectivity index (χ4v) is 0. The normalized spacial score (nSPS) is 9.00. The maximum atomic E-state index is 4.99. The average molecular weight is 295 g/mol. The van der Waals surface area contributed by atoms with Crippen LogP contribution in [0.5, 0.6) is 0 Å². The molecule has 0 bridgehead atoms. The zero-order valence-corrected chi connectivity index (χ0v) is 7.43. The van der Waals surface area contributed by atoms with Gasteiger partial charge in [0.15, 0.2) is 0 Å². The van der Waals surface area contributed by atoms with Crippen LogP contribution in [0.1, 0.15) is 0 Å². The molecule has 0 unspecified atom stereocenters. The molecule has 5 heteroatoms. The van der Waals surface area contributed by atoms with Gasteiger partial charge in [-0.1, -0.05) is 0 Å². The first-order valence-electron chi connectivity index (χ1n) is 0.429. The summed E-state index contributed by atoms with van der Waals surface area (Å²) in [6.45, 7) is 0. The van der Waals surface area contributed by atoms with Crippen molar-refractivity contribution in [2.45, 2.75) is 0 Å². The molecule has 0 saturated heterocycles. The van der Waals surface area contributed by atoms with Crippen LogP contribution >= 0.6 is 24.9 Å². The summed E-state index contributed by atoms with van der Waals surface area (Å²) < 4.78 is 15.0. The summed E-state index contributed by atoms with van der Waals surface area (Å²) in [5, 5.41) is 0. The summed E-state index contributed by atoms with van der Waals surface area (Å²) in [6.07, 6.45) is 0. The maximum absolute atomic E-state index is 4.99. The Hall–Kier alpha value is 2.74. The van der Waals surface area contributed by atoms with Crippen LogP contribution in [0.25, 0.3) is 0 Å². The average Bonchev–Trinajstić information content (AvgIpc) is 0.811. The van der Waals surface area contributed by atoms with Crippen LogP contribution in [0.2, 0.25) is 0 Å². The molecule has 0 N–H and O–H groups in total. The topological polar surface area (TPSA) is 0 Å². The SMILES string of the molecule is Cl.[Cl][Eu]([Cl])[Cl]. The first kappa shape index (κ1) is 10.7. The van der Waals surface area contributed by atoms with Crippen LogP contribution in [0.4, 0.5) is 0 Å². The monoisotopic (exact) mass is 294 g/mol. The number of hydrogen-bond donors (Lipinski definition) is 0. The van der Waals surface area contributed by atoms with Gasteiger partial charge in [0.05, 0.1) is 0 Å². The molecular formula is HCl4Eu. The third-order valence-corrected chi connectivity index (χ3v) is 0. The van der Waals surface area contributed by atoms with Gasteiger partial charge in [-0.25, -0.2) is 0 Å². The minimum absolute atomic E-state index is 0. The van der Waals surface area contributed by atoms with Gasteiger partial charge < -0.3 is 0 Å². The van der Waals surface area contributed by atoms with Crippen molar-refractivity contribution in [3.05, 3.63) is 0 Å². The second kappa shape index (κ2) is 6.74. The Labute approximate surface area is 59.9 Å². The second-order valence-electron chi connectivity index (χ2n) is 0.162. The zero-order valence-electron chi connectivity index (χ0n) is 1.92. The van der Waals surface area contributed by atoms with Crippen molar-refractivity contribution < 1.29 is 37.0 Å². The predicted octanol–water partition coefficient (Wildman–Crippen LogP) is 2.49. The van der Waals surface area contributed by atoms with Crippen LogP contribution in [0.3, 0.4) is 0 Å². The first-order chi connectivity index (χ1) is 1.73. The summed E-state index contributed by atoms with van der Waals surface area (Å²) >= 11 is -2.05. The summed E-state index contributed by atoms with van der Waals surface area (Å²) in [5.74, 6) is 0. The van der Waals surface area contributed by atoms with Gasteiger partial charge in [0, 0.05) is 0 Å². The van der Waals surface area contributed by atoms with Crippen molar-refractivity contribution in [3.63, 3.8) is 0 Å². The molecule has 5 heavy (non-hydrogen) atoms. The van der Waals surface area contributed by atoms with Gasteiger partial charge in [0.1, 0.15) is 0 Å². The van der Waals surface area contributed by atoms with Gasteiger partial charge in [-0.05, 0) is 0 Å². The summed E-state index contributed by atoms with van der Waals surface area (Å²) in [4.78, 5) is 0. The molecule has 0 saturated carbocycles. The molecule has 0 nitrogen and oxygen atoms in total.